The highest BCUT2D eigenvalue weighted by Crippen LogP contribution is 2.32. The molecule has 3 fully saturated rings. The molecule has 4 rings (SSSR count). The lowest BCUT2D eigenvalue weighted by molar-refractivity contribution is 0.110. The molecule has 0 bridgehead atoms. The fourth-order valence-corrected chi connectivity index (χ4v) is 5.23. The number of aliphatic imine (C=N–C) groups is 1. The van der Waals surface area contributed by atoms with Gasteiger partial charge in [-0.3, -0.25) is 4.99 Å². The highest BCUT2D eigenvalue weighted by molar-refractivity contribution is 6.24. The second kappa shape index (κ2) is 11.7. The molecule has 0 heterocycles. The molecule has 1 amide bonds. The minimum Gasteiger partial charge on any atom is -0.490 e. The van der Waals surface area contributed by atoms with E-state index in [1.807, 2.05) is 7.05 Å². The molecule has 33 heavy (non-hydrogen) atoms. The van der Waals surface area contributed by atoms with Gasteiger partial charge in [0.25, 0.3) is 0 Å². The summed E-state index contributed by atoms with van der Waals surface area (Å²) in [6.07, 6.45) is 16.8. The van der Waals surface area contributed by atoms with Gasteiger partial charge in [0, 0.05) is 25.7 Å². The summed E-state index contributed by atoms with van der Waals surface area (Å²) in [4.78, 5) is 19.0. The molecule has 5 heteroatoms. The lowest BCUT2D eigenvalue weighted by Gasteiger charge is -2.26. The molecule has 0 aromatic heterocycles. The molecule has 0 unspecified atom stereocenters. The van der Waals surface area contributed by atoms with E-state index >= 15 is 0 Å². The fourth-order valence-electron chi connectivity index (χ4n) is 5.23. The average Bonchev–Trinajstić information content (AvgIpc) is 3.36. The van der Waals surface area contributed by atoms with Crippen molar-refractivity contribution < 1.29 is 14.3 Å². The Morgan fingerprint density at radius 1 is 0.970 bits per heavy atom. The lowest BCUT2D eigenvalue weighted by Crippen LogP contribution is -2.36. The van der Waals surface area contributed by atoms with Crippen molar-refractivity contribution >= 4 is 17.4 Å². The van der Waals surface area contributed by atoms with Crippen molar-refractivity contribution in [2.45, 2.75) is 89.2 Å². The predicted octanol–water partition coefficient (Wildman–Crippen LogP) is 6.66. The van der Waals surface area contributed by atoms with Crippen molar-refractivity contribution in [1.82, 2.24) is 4.90 Å². The summed E-state index contributed by atoms with van der Waals surface area (Å²) in [5.74, 6) is 1.51. The van der Waals surface area contributed by atoms with Crippen LogP contribution in [-0.2, 0) is 4.74 Å². The second-order valence-corrected chi connectivity index (χ2v) is 9.95. The van der Waals surface area contributed by atoms with E-state index in [0.717, 1.165) is 48.3 Å². The predicted molar refractivity (Wildman–Crippen MR) is 134 cm³/mol. The number of hydrogen-bond acceptors (Lipinski definition) is 4. The Morgan fingerprint density at radius 3 is 2.24 bits per heavy atom. The quantitative estimate of drug-likeness (QED) is 0.414. The van der Waals surface area contributed by atoms with Crippen molar-refractivity contribution in [3.63, 3.8) is 0 Å². The zero-order valence-corrected chi connectivity index (χ0v) is 20.4. The first-order valence-corrected chi connectivity index (χ1v) is 13.0. The molecule has 1 aromatic rings. The van der Waals surface area contributed by atoms with E-state index in [1.54, 1.807) is 11.9 Å². The Kier molecular flexibility index (Phi) is 8.46. The maximum atomic E-state index is 12.6. The molecule has 180 valence electrons. The second-order valence-electron chi connectivity index (χ2n) is 9.95. The number of nitrogens with zero attached hydrogens (tertiary/aromatic N) is 2. The van der Waals surface area contributed by atoms with E-state index in [4.69, 9.17) is 9.47 Å². The Morgan fingerprint density at radius 2 is 1.64 bits per heavy atom. The minimum atomic E-state index is -0.248. The molecule has 0 saturated heterocycles. The Hall–Kier alpha value is -2.30. The number of amides is 1. The maximum absolute atomic E-state index is 12.6. The largest absolute Gasteiger partial charge is 0.490 e. The zero-order chi connectivity index (χ0) is 23.0. The summed E-state index contributed by atoms with van der Waals surface area (Å²) in [5.41, 5.74) is 3.03. The minimum absolute atomic E-state index is 0.200. The van der Waals surface area contributed by atoms with Crippen molar-refractivity contribution in [1.29, 1.82) is 0 Å². The topological polar surface area (TPSA) is 51.1 Å². The van der Waals surface area contributed by atoms with Gasteiger partial charge in [-0.25, -0.2) is 4.79 Å². The Labute approximate surface area is 199 Å². The van der Waals surface area contributed by atoms with Gasteiger partial charge >= 0.3 is 6.09 Å². The molecular formula is C28H40N2O3. The third-order valence-corrected chi connectivity index (χ3v) is 7.65. The van der Waals surface area contributed by atoms with Gasteiger partial charge in [-0.15, -0.1) is 0 Å². The van der Waals surface area contributed by atoms with Crippen LogP contribution >= 0.6 is 0 Å². The summed E-state index contributed by atoms with van der Waals surface area (Å²) in [7, 11) is 3.65. The SMILES string of the molecule is C/N=C(COC(=O)N(C)C1CCCC1)\C(=C/C1CCC1)c1ccc(OC2CCCCC2)cc1. The molecule has 0 spiro atoms. The molecular weight excluding hydrogens is 412 g/mol. The molecule has 5 nitrogen and oxygen atoms in total. The van der Waals surface area contributed by atoms with E-state index in [9.17, 15) is 4.79 Å². The summed E-state index contributed by atoms with van der Waals surface area (Å²) in [6, 6.07) is 8.71. The van der Waals surface area contributed by atoms with Crippen LogP contribution in [0.2, 0.25) is 0 Å². The number of benzene rings is 1. The van der Waals surface area contributed by atoms with Gasteiger partial charge in [0.1, 0.15) is 12.4 Å². The van der Waals surface area contributed by atoms with Gasteiger partial charge in [0.2, 0.25) is 0 Å². The third kappa shape index (κ3) is 6.39. The number of carbonyl (C=O) groups is 1. The molecule has 3 aliphatic rings. The van der Waals surface area contributed by atoms with Crippen LogP contribution in [-0.4, -0.2) is 49.6 Å². The molecule has 0 atom stereocenters. The van der Waals surface area contributed by atoms with Gasteiger partial charge in [-0.2, -0.15) is 0 Å². The highest BCUT2D eigenvalue weighted by Gasteiger charge is 2.25. The van der Waals surface area contributed by atoms with Gasteiger partial charge < -0.3 is 14.4 Å². The van der Waals surface area contributed by atoms with Crippen LogP contribution in [0.15, 0.2) is 35.3 Å². The first-order chi connectivity index (χ1) is 16.1. The van der Waals surface area contributed by atoms with Crippen molar-refractivity contribution in [3.05, 3.63) is 35.9 Å². The summed E-state index contributed by atoms with van der Waals surface area (Å²) < 4.78 is 11.9. The van der Waals surface area contributed by atoms with Gasteiger partial charge in [-0.1, -0.05) is 43.9 Å². The van der Waals surface area contributed by atoms with Crippen molar-refractivity contribution in [2.24, 2.45) is 10.9 Å². The van der Waals surface area contributed by atoms with E-state index in [2.05, 4.69) is 35.3 Å². The maximum Gasteiger partial charge on any atom is 0.410 e. The zero-order valence-electron chi connectivity index (χ0n) is 20.4. The van der Waals surface area contributed by atoms with E-state index < -0.39 is 0 Å². The van der Waals surface area contributed by atoms with Crippen LogP contribution in [0.3, 0.4) is 0 Å². The van der Waals surface area contributed by atoms with Crippen molar-refractivity contribution in [3.8, 4) is 5.75 Å². The third-order valence-electron chi connectivity index (χ3n) is 7.65. The van der Waals surface area contributed by atoms with Crippen LogP contribution < -0.4 is 4.74 Å². The van der Waals surface area contributed by atoms with E-state index in [-0.39, 0.29) is 12.7 Å². The van der Waals surface area contributed by atoms with Crippen LogP contribution in [0.4, 0.5) is 4.79 Å². The number of allylic oxidation sites excluding steroid dienone is 1. The van der Waals surface area contributed by atoms with E-state index in [1.165, 1.54) is 51.4 Å². The van der Waals surface area contributed by atoms with Crippen LogP contribution in [0.25, 0.3) is 5.57 Å². The first kappa shape index (κ1) is 23.8. The van der Waals surface area contributed by atoms with Gasteiger partial charge in [-0.05, 0) is 75.0 Å². The standard InChI is InChI=1S/C28H40N2O3/c1-29-27(20-32-28(31)30(2)23-11-6-7-12-23)26(19-21-9-8-10-21)22-15-17-25(18-16-22)33-24-13-4-3-5-14-24/h15-19,21,23-24H,3-14,20H2,1-2H3/b26-19-,29-27-. The number of carbonyl (C=O) groups excluding carboxylic acids is 1. The molecule has 3 aliphatic carbocycles. The van der Waals surface area contributed by atoms with E-state index in [0.29, 0.717) is 18.1 Å². The lowest BCUT2D eigenvalue weighted by atomic mass is 9.82. The number of hydrogen-bond donors (Lipinski definition) is 0. The average molecular weight is 453 g/mol. The molecule has 3 saturated carbocycles. The number of rotatable bonds is 8. The van der Waals surface area contributed by atoms with Gasteiger partial charge in [0.15, 0.2) is 0 Å². The summed E-state index contributed by atoms with van der Waals surface area (Å²) >= 11 is 0. The Balaban J connectivity index is 1.43. The van der Waals surface area contributed by atoms with Crippen LogP contribution in [0, 0.1) is 5.92 Å². The Bertz CT molecular complexity index is 829. The normalized spacial score (nSPS) is 21.0. The summed E-state index contributed by atoms with van der Waals surface area (Å²) in [5, 5.41) is 0. The van der Waals surface area contributed by atoms with Crippen LogP contribution in [0.1, 0.15) is 82.6 Å². The van der Waals surface area contributed by atoms with Crippen LogP contribution in [0.5, 0.6) is 5.75 Å². The highest BCUT2D eigenvalue weighted by atomic mass is 16.6. The fraction of sp³-hybridized carbons (Fsp3) is 0.643. The van der Waals surface area contributed by atoms with Crippen molar-refractivity contribution in [2.75, 3.05) is 20.7 Å². The number of ether oxygens (including phenoxy) is 2. The monoisotopic (exact) mass is 452 g/mol. The molecule has 1 aromatic carbocycles. The molecule has 0 aliphatic heterocycles. The molecule has 0 radical (unpaired) electrons. The summed E-state index contributed by atoms with van der Waals surface area (Å²) in [6.45, 7) is 0.200. The smallest absolute Gasteiger partial charge is 0.410 e. The van der Waals surface area contributed by atoms with Gasteiger partial charge in [0.05, 0.1) is 11.8 Å². The molecule has 0 N–H and O–H groups in total. The first-order valence-electron chi connectivity index (χ1n) is 13.0.